The van der Waals surface area contributed by atoms with E-state index in [0.717, 1.165) is 12.8 Å². The minimum Gasteiger partial charge on any atom is -0.394 e. The van der Waals surface area contributed by atoms with Crippen LogP contribution in [-0.2, 0) is 18.9 Å². The number of ether oxygens (including phenoxy) is 4. The van der Waals surface area contributed by atoms with E-state index >= 15 is 0 Å². The lowest BCUT2D eigenvalue weighted by atomic mass is 10.3. The second kappa shape index (κ2) is 18.1. The Hall–Kier alpha value is -0.890. The predicted molar refractivity (Wildman–Crippen MR) is 73.6 cm³/mol. The third kappa shape index (κ3) is 17.1. The zero-order chi connectivity index (χ0) is 14.7. The van der Waals surface area contributed by atoms with Crippen LogP contribution in [0.3, 0.4) is 0 Å². The van der Waals surface area contributed by atoms with Crippen molar-refractivity contribution in [3.63, 3.8) is 0 Å². The fourth-order valence-corrected chi connectivity index (χ4v) is 1.26. The lowest BCUT2D eigenvalue weighted by molar-refractivity contribution is -0.00571. The van der Waals surface area contributed by atoms with Gasteiger partial charge in [-0.2, -0.15) is 0 Å². The van der Waals surface area contributed by atoms with E-state index in [9.17, 15) is 0 Å². The van der Waals surface area contributed by atoms with Crippen molar-refractivity contribution in [3.05, 3.63) is 10.4 Å². The van der Waals surface area contributed by atoms with Crippen molar-refractivity contribution in [1.29, 1.82) is 0 Å². The molecule has 0 fully saturated rings. The Bertz CT molecular complexity index is 237. The third-order valence-corrected chi connectivity index (χ3v) is 2.21. The molecule has 0 bridgehead atoms. The van der Waals surface area contributed by atoms with E-state index in [4.69, 9.17) is 29.6 Å². The van der Waals surface area contributed by atoms with Crippen molar-refractivity contribution in [3.8, 4) is 0 Å². The van der Waals surface area contributed by atoms with Crippen LogP contribution in [-0.4, -0.2) is 71.1 Å². The minimum atomic E-state index is 0.0364. The Labute approximate surface area is 119 Å². The van der Waals surface area contributed by atoms with Gasteiger partial charge in [-0.3, -0.25) is 0 Å². The lowest BCUT2D eigenvalue weighted by Crippen LogP contribution is -2.12. The SMILES string of the molecule is [N-]=[N+]=NCCCCOCCOCCOCCOCCO. The summed E-state index contributed by atoms with van der Waals surface area (Å²) >= 11 is 0. The molecule has 8 nitrogen and oxygen atoms in total. The number of hydrogen-bond acceptors (Lipinski definition) is 6. The van der Waals surface area contributed by atoms with Gasteiger partial charge in [0.25, 0.3) is 0 Å². The maximum Gasteiger partial charge on any atom is 0.0701 e. The Morgan fingerprint density at radius 2 is 1.25 bits per heavy atom. The van der Waals surface area contributed by atoms with Gasteiger partial charge in [-0.05, 0) is 18.4 Å². The Kier molecular flexibility index (Phi) is 17.3. The molecule has 0 aromatic heterocycles. The Balaban J connectivity index is 2.94. The molecule has 0 aliphatic rings. The number of unbranched alkanes of at least 4 members (excludes halogenated alkanes) is 1. The molecular formula is C12H25N3O5. The van der Waals surface area contributed by atoms with Gasteiger partial charge >= 0.3 is 0 Å². The van der Waals surface area contributed by atoms with Gasteiger partial charge in [0, 0.05) is 18.1 Å². The van der Waals surface area contributed by atoms with Gasteiger partial charge in [0.15, 0.2) is 0 Å². The second-order valence-corrected chi connectivity index (χ2v) is 3.83. The maximum absolute atomic E-state index is 8.47. The molecule has 0 saturated carbocycles. The molecule has 0 aromatic carbocycles. The van der Waals surface area contributed by atoms with E-state index in [0.29, 0.717) is 59.4 Å². The number of aliphatic hydroxyl groups is 1. The van der Waals surface area contributed by atoms with Crippen molar-refractivity contribution >= 4 is 0 Å². The molecule has 0 atom stereocenters. The molecule has 20 heavy (non-hydrogen) atoms. The summed E-state index contributed by atoms with van der Waals surface area (Å²) < 4.78 is 20.9. The molecule has 0 aromatic rings. The van der Waals surface area contributed by atoms with Gasteiger partial charge in [-0.1, -0.05) is 5.11 Å². The first-order chi connectivity index (χ1) is 9.91. The zero-order valence-corrected chi connectivity index (χ0v) is 11.9. The quantitative estimate of drug-likeness (QED) is 0.199. The lowest BCUT2D eigenvalue weighted by Gasteiger charge is -2.07. The molecule has 0 spiro atoms. The molecule has 0 rings (SSSR count). The number of aliphatic hydroxyl groups excluding tert-OH is 1. The summed E-state index contributed by atoms with van der Waals surface area (Å²) in [7, 11) is 0. The summed E-state index contributed by atoms with van der Waals surface area (Å²) in [6.07, 6.45) is 1.73. The van der Waals surface area contributed by atoms with Crippen LogP contribution < -0.4 is 0 Å². The van der Waals surface area contributed by atoms with Crippen molar-refractivity contribution in [2.45, 2.75) is 12.8 Å². The monoisotopic (exact) mass is 291 g/mol. The molecule has 1 N–H and O–H groups in total. The van der Waals surface area contributed by atoms with E-state index in [-0.39, 0.29) is 6.61 Å². The smallest absolute Gasteiger partial charge is 0.0701 e. The van der Waals surface area contributed by atoms with Crippen LogP contribution in [0.15, 0.2) is 5.11 Å². The number of hydrogen-bond donors (Lipinski definition) is 1. The Morgan fingerprint density at radius 3 is 1.75 bits per heavy atom. The highest BCUT2D eigenvalue weighted by molar-refractivity contribution is 4.47. The van der Waals surface area contributed by atoms with Crippen molar-refractivity contribution < 1.29 is 24.1 Å². The van der Waals surface area contributed by atoms with Gasteiger partial charge in [0.05, 0.1) is 52.9 Å². The molecule has 118 valence electrons. The fraction of sp³-hybridized carbons (Fsp3) is 1.00. The summed E-state index contributed by atoms with van der Waals surface area (Å²) in [5.41, 5.74) is 8.06. The fourth-order valence-electron chi connectivity index (χ4n) is 1.26. The molecule has 0 aliphatic carbocycles. The van der Waals surface area contributed by atoms with E-state index < -0.39 is 0 Å². The average molecular weight is 291 g/mol. The summed E-state index contributed by atoms with van der Waals surface area (Å²) in [5.74, 6) is 0. The largest absolute Gasteiger partial charge is 0.394 e. The van der Waals surface area contributed by atoms with Gasteiger partial charge < -0.3 is 24.1 Å². The van der Waals surface area contributed by atoms with Crippen LogP contribution in [0.25, 0.3) is 10.4 Å². The van der Waals surface area contributed by atoms with Crippen LogP contribution in [0.2, 0.25) is 0 Å². The summed E-state index contributed by atoms with van der Waals surface area (Å²) in [6, 6.07) is 0. The van der Waals surface area contributed by atoms with Crippen LogP contribution in [0.4, 0.5) is 0 Å². The molecule has 8 heteroatoms. The number of azide groups is 1. The van der Waals surface area contributed by atoms with Crippen molar-refractivity contribution in [1.82, 2.24) is 0 Å². The van der Waals surface area contributed by atoms with Crippen molar-refractivity contribution in [2.75, 3.05) is 66.0 Å². The normalized spacial score (nSPS) is 10.4. The maximum atomic E-state index is 8.47. The van der Waals surface area contributed by atoms with Crippen molar-refractivity contribution in [2.24, 2.45) is 5.11 Å². The van der Waals surface area contributed by atoms with Gasteiger partial charge in [0.1, 0.15) is 0 Å². The standard InChI is InChI=1S/C12H25N3O5/c13-15-14-3-1-2-5-17-7-9-19-11-12-20-10-8-18-6-4-16/h16H,1-12H2. The topological polar surface area (TPSA) is 106 Å². The predicted octanol–water partition coefficient (Wildman–Crippen LogP) is 1.14. The molecule has 0 radical (unpaired) electrons. The van der Waals surface area contributed by atoms with Gasteiger partial charge in [-0.25, -0.2) is 0 Å². The number of nitrogens with zero attached hydrogens (tertiary/aromatic N) is 3. The summed E-state index contributed by atoms with van der Waals surface area (Å²) in [6.45, 7) is 4.70. The van der Waals surface area contributed by atoms with E-state index in [1.807, 2.05) is 0 Å². The van der Waals surface area contributed by atoms with Gasteiger partial charge in [-0.15, -0.1) is 0 Å². The highest BCUT2D eigenvalue weighted by Gasteiger charge is 1.92. The van der Waals surface area contributed by atoms with Gasteiger partial charge in [0.2, 0.25) is 0 Å². The van der Waals surface area contributed by atoms with E-state index in [1.165, 1.54) is 0 Å². The molecular weight excluding hydrogens is 266 g/mol. The highest BCUT2D eigenvalue weighted by Crippen LogP contribution is 1.91. The molecule has 0 heterocycles. The highest BCUT2D eigenvalue weighted by atomic mass is 16.6. The third-order valence-electron chi connectivity index (χ3n) is 2.21. The first kappa shape index (κ1) is 19.1. The van der Waals surface area contributed by atoms with E-state index in [1.54, 1.807) is 0 Å². The van der Waals surface area contributed by atoms with Crippen LogP contribution in [0.5, 0.6) is 0 Å². The van der Waals surface area contributed by atoms with Crippen LogP contribution >= 0.6 is 0 Å². The molecule has 0 amide bonds. The Morgan fingerprint density at radius 1 is 0.750 bits per heavy atom. The summed E-state index contributed by atoms with van der Waals surface area (Å²) in [5, 5.41) is 11.9. The van der Waals surface area contributed by atoms with Crippen LogP contribution in [0, 0.1) is 0 Å². The minimum absolute atomic E-state index is 0.0364. The second-order valence-electron chi connectivity index (χ2n) is 3.83. The van der Waals surface area contributed by atoms with E-state index in [2.05, 4.69) is 10.0 Å². The molecule has 0 unspecified atom stereocenters. The summed E-state index contributed by atoms with van der Waals surface area (Å²) in [4.78, 5) is 2.67. The first-order valence-corrected chi connectivity index (χ1v) is 6.84. The number of rotatable bonds is 16. The average Bonchev–Trinajstić information content (AvgIpc) is 2.47. The molecule has 0 aliphatic heterocycles. The first-order valence-electron chi connectivity index (χ1n) is 6.84. The molecule has 0 saturated heterocycles. The van der Waals surface area contributed by atoms with Crippen LogP contribution in [0.1, 0.15) is 12.8 Å². The zero-order valence-electron chi connectivity index (χ0n) is 11.9.